The summed E-state index contributed by atoms with van der Waals surface area (Å²) < 4.78 is 12.4. The Labute approximate surface area is 201 Å². The molecule has 0 bridgehead atoms. The second kappa shape index (κ2) is 10.3. The fourth-order valence-electron chi connectivity index (χ4n) is 2.74. The van der Waals surface area contributed by atoms with E-state index in [2.05, 4.69) is 10.3 Å². The van der Waals surface area contributed by atoms with Crippen LogP contribution in [0.4, 0.5) is 10.5 Å². The van der Waals surface area contributed by atoms with Gasteiger partial charge in [-0.2, -0.15) is 0 Å². The van der Waals surface area contributed by atoms with E-state index in [4.69, 9.17) is 43.6 Å². The van der Waals surface area contributed by atoms with Gasteiger partial charge < -0.3 is 20.4 Å². The summed E-state index contributed by atoms with van der Waals surface area (Å²) in [5.74, 6) is -0.0821. The number of aryl methyl sites for hydroxylation is 1. The number of rotatable bonds is 6. The van der Waals surface area contributed by atoms with Gasteiger partial charge in [0.15, 0.2) is 11.6 Å². The van der Waals surface area contributed by atoms with Crippen LogP contribution in [0.1, 0.15) is 46.1 Å². The van der Waals surface area contributed by atoms with E-state index in [1.807, 2.05) is 13.8 Å². The van der Waals surface area contributed by atoms with Gasteiger partial charge in [0.05, 0.1) is 22.3 Å². The molecule has 0 spiro atoms. The predicted molar refractivity (Wildman–Crippen MR) is 127 cm³/mol. The third-order valence-corrected chi connectivity index (χ3v) is 4.82. The van der Waals surface area contributed by atoms with Crippen molar-refractivity contribution in [3.05, 3.63) is 44.2 Å². The number of aromatic nitrogens is 2. The molecule has 12 heteroatoms. The summed E-state index contributed by atoms with van der Waals surface area (Å²) in [5, 5.41) is 16.1. The van der Waals surface area contributed by atoms with E-state index in [0.717, 1.165) is 4.90 Å². The van der Waals surface area contributed by atoms with E-state index >= 15 is 0 Å². The fourth-order valence-corrected chi connectivity index (χ4v) is 3.30. The number of carbonyl (C=O) groups excluding carboxylic acids is 1. The molecule has 1 amide bonds. The maximum absolute atomic E-state index is 12.7. The van der Waals surface area contributed by atoms with E-state index in [0.29, 0.717) is 5.56 Å². The number of hydrogen-bond acceptors (Lipinski definition) is 7. The van der Waals surface area contributed by atoms with Gasteiger partial charge >= 0.3 is 6.09 Å². The average Bonchev–Trinajstić information content (AvgIpc) is 2.69. The van der Waals surface area contributed by atoms with Crippen molar-refractivity contribution in [2.45, 2.75) is 46.1 Å². The maximum atomic E-state index is 12.7. The molecule has 0 saturated carbocycles. The molecule has 2 aromatic rings. The second-order valence-corrected chi connectivity index (χ2v) is 9.33. The Bertz CT molecular complexity index is 1100. The lowest BCUT2D eigenvalue weighted by Gasteiger charge is -2.27. The molecule has 1 aromatic carbocycles. The number of benzene rings is 1. The van der Waals surface area contributed by atoms with E-state index < -0.39 is 11.7 Å². The zero-order valence-corrected chi connectivity index (χ0v) is 20.7. The summed E-state index contributed by atoms with van der Waals surface area (Å²) in [6.07, 6.45) is -0.754. The largest absolute Gasteiger partial charge is 0.443 e. The number of nitrogens with zero attached hydrogens (tertiary/aromatic N) is 4. The zero-order valence-electron chi connectivity index (χ0n) is 19.2. The van der Waals surface area contributed by atoms with Crippen molar-refractivity contribution in [3.63, 3.8) is 0 Å². The molecule has 0 unspecified atom stereocenters. The number of carbonyl (C=O) groups is 1. The fraction of sp³-hybridized carbons (Fsp3) is 0.429. The van der Waals surface area contributed by atoms with Gasteiger partial charge in [-0.1, -0.05) is 42.2 Å². The summed E-state index contributed by atoms with van der Waals surface area (Å²) in [6, 6.07) is 4.37. The van der Waals surface area contributed by atoms with Gasteiger partial charge in [-0.05, 0) is 38.8 Å². The van der Waals surface area contributed by atoms with Crippen molar-refractivity contribution >= 4 is 40.8 Å². The molecule has 33 heavy (non-hydrogen) atoms. The molecule has 2 rings (SSSR count). The number of amides is 1. The van der Waals surface area contributed by atoms with Gasteiger partial charge in [0.25, 0.3) is 5.56 Å². The Morgan fingerprint density at radius 3 is 2.33 bits per heavy atom. The van der Waals surface area contributed by atoms with Crippen LogP contribution in [0.2, 0.25) is 10.0 Å². The third kappa shape index (κ3) is 6.75. The molecule has 0 radical (unpaired) electrons. The van der Waals surface area contributed by atoms with Crippen molar-refractivity contribution in [3.8, 4) is 11.6 Å². The number of ether oxygens (including phenoxy) is 2. The Kier molecular flexibility index (Phi) is 8.20. The van der Waals surface area contributed by atoms with Crippen molar-refractivity contribution in [1.82, 2.24) is 9.78 Å². The predicted octanol–water partition coefficient (Wildman–Crippen LogP) is 4.49. The Hall–Kier alpha value is -2.98. The van der Waals surface area contributed by atoms with Crippen LogP contribution in [0.25, 0.3) is 0 Å². The Morgan fingerprint density at radius 2 is 1.85 bits per heavy atom. The lowest BCUT2D eigenvalue weighted by Crippen LogP contribution is -2.42. The highest BCUT2D eigenvalue weighted by molar-refractivity contribution is 6.37. The van der Waals surface area contributed by atoms with E-state index in [1.165, 1.54) is 29.9 Å². The molecule has 1 heterocycles. The highest BCUT2D eigenvalue weighted by atomic mass is 35.5. The van der Waals surface area contributed by atoms with Gasteiger partial charge in [-0.15, -0.1) is 5.10 Å². The molecule has 180 valence electrons. The topological polar surface area (TPSA) is 132 Å². The van der Waals surface area contributed by atoms with Gasteiger partial charge in [-0.3, -0.25) is 9.69 Å². The number of hydrogen-bond donors (Lipinski definition) is 2. The highest BCUT2D eigenvalue weighted by Gasteiger charge is 2.26. The normalized spacial score (nSPS) is 12.1. The van der Waals surface area contributed by atoms with Crippen molar-refractivity contribution < 1.29 is 19.5 Å². The van der Waals surface area contributed by atoms with Crippen LogP contribution in [0.5, 0.6) is 11.6 Å². The molecular weight excluding hydrogens is 473 g/mol. The molecule has 1 aromatic heterocycles. The minimum absolute atomic E-state index is 0.0524. The second-order valence-electron chi connectivity index (χ2n) is 8.52. The van der Waals surface area contributed by atoms with E-state index in [9.17, 15) is 9.59 Å². The first-order valence-corrected chi connectivity index (χ1v) is 10.7. The summed E-state index contributed by atoms with van der Waals surface area (Å²) in [7, 11) is 1.51. The van der Waals surface area contributed by atoms with Crippen LogP contribution in [0.3, 0.4) is 0 Å². The van der Waals surface area contributed by atoms with Crippen molar-refractivity contribution in [2.24, 2.45) is 17.9 Å². The van der Waals surface area contributed by atoms with Crippen LogP contribution >= 0.6 is 23.2 Å². The van der Waals surface area contributed by atoms with Gasteiger partial charge in [-0.25, -0.2) is 9.48 Å². The number of oxime groups is 1. The monoisotopic (exact) mass is 499 g/mol. The number of nitrogens with two attached hydrogens (primary N) is 1. The molecule has 0 fully saturated rings. The minimum Gasteiger partial charge on any atom is -0.443 e. The van der Waals surface area contributed by atoms with Crippen molar-refractivity contribution in [2.75, 3.05) is 11.4 Å². The first-order valence-electron chi connectivity index (χ1n) is 9.95. The standard InChI is InChI=1S/C21H27Cl2N5O5/c1-11(2)13-9-17(25-27(6)19(13)29)32-18-14(22)7-12(8-15(18)23)28(10-16(24)26-31)20(30)33-21(3,4)5/h7-9,11,31H,10H2,1-6H3,(H2,24,26). The first kappa shape index (κ1) is 26.3. The average molecular weight is 500 g/mol. The smallest absolute Gasteiger partial charge is 0.415 e. The van der Waals surface area contributed by atoms with Crippen molar-refractivity contribution in [1.29, 1.82) is 0 Å². The molecule has 0 atom stereocenters. The Balaban J connectivity index is 2.47. The summed E-state index contributed by atoms with van der Waals surface area (Å²) in [6.45, 7) is 8.58. The van der Waals surface area contributed by atoms with Gasteiger partial charge in [0, 0.05) is 18.7 Å². The number of halogens is 2. The third-order valence-electron chi connectivity index (χ3n) is 4.25. The SMILES string of the molecule is CC(C)c1cc(Oc2c(Cl)cc(N(C/C(N)=N/O)C(=O)OC(C)(C)C)cc2Cl)nn(C)c1=O. The molecular formula is C21H27Cl2N5O5. The van der Waals surface area contributed by atoms with Crippen LogP contribution in [-0.4, -0.2) is 39.1 Å². The van der Waals surface area contributed by atoms with Gasteiger partial charge in [0.1, 0.15) is 5.60 Å². The lowest BCUT2D eigenvalue weighted by atomic mass is 10.1. The van der Waals surface area contributed by atoms with Crippen LogP contribution in [0, 0.1) is 0 Å². The molecule has 0 aliphatic heterocycles. The maximum Gasteiger partial charge on any atom is 0.415 e. The van der Waals surface area contributed by atoms with Gasteiger partial charge in [0.2, 0.25) is 5.88 Å². The van der Waals surface area contributed by atoms with Crippen LogP contribution in [-0.2, 0) is 11.8 Å². The minimum atomic E-state index is -0.792. The summed E-state index contributed by atoms with van der Waals surface area (Å²) >= 11 is 12.8. The van der Waals surface area contributed by atoms with E-state index in [1.54, 1.807) is 20.8 Å². The summed E-state index contributed by atoms with van der Waals surface area (Å²) in [5.41, 5.74) is 5.33. The Morgan fingerprint density at radius 1 is 1.27 bits per heavy atom. The quantitative estimate of drug-likeness (QED) is 0.258. The molecule has 0 aliphatic carbocycles. The van der Waals surface area contributed by atoms with Crippen LogP contribution < -0.4 is 20.9 Å². The van der Waals surface area contributed by atoms with E-state index in [-0.39, 0.29) is 51.2 Å². The molecule has 0 saturated heterocycles. The first-order chi connectivity index (χ1) is 15.2. The molecule has 0 aliphatic rings. The zero-order chi connectivity index (χ0) is 25.1. The van der Waals surface area contributed by atoms with Crippen LogP contribution in [0.15, 0.2) is 28.1 Å². The number of amidine groups is 1. The lowest BCUT2D eigenvalue weighted by molar-refractivity contribution is 0.0585. The number of anilines is 1. The molecule has 3 N–H and O–H groups in total. The summed E-state index contributed by atoms with van der Waals surface area (Å²) in [4.78, 5) is 26.1. The highest BCUT2D eigenvalue weighted by Crippen LogP contribution is 2.39. The molecule has 10 nitrogen and oxygen atoms in total.